The van der Waals surface area contributed by atoms with E-state index in [9.17, 15) is 23.1 Å². The fraction of sp³-hybridized carbons (Fsp3) is 0.185. The summed E-state index contributed by atoms with van der Waals surface area (Å²) in [5, 5.41) is 11.9. The lowest BCUT2D eigenvalue weighted by molar-refractivity contribution is -0.137. The van der Waals surface area contributed by atoms with Gasteiger partial charge in [0.1, 0.15) is 0 Å². The number of halogens is 3. The third kappa shape index (κ3) is 3.87. The zero-order valence-electron chi connectivity index (χ0n) is 18.1. The van der Waals surface area contributed by atoms with Crippen LogP contribution in [0.3, 0.4) is 0 Å². The van der Waals surface area contributed by atoms with E-state index in [0.717, 1.165) is 48.1 Å². The van der Waals surface area contributed by atoms with Gasteiger partial charge in [-0.25, -0.2) is 4.57 Å². The van der Waals surface area contributed by atoms with E-state index in [1.165, 1.54) is 29.5 Å². The minimum atomic E-state index is -4.58. The molecule has 0 spiro atoms. The number of fused-ring (bicyclic) bond motifs is 2. The van der Waals surface area contributed by atoms with E-state index in [4.69, 9.17) is 0 Å². The highest BCUT2D eigenvalue weighted by atomic mass is 19.4. The van der Waals surface area contributed by atoms with Gasteiger partial charge in [-0.05, 0) is 67.1 Å². The van der Waals surface area contributed by atoms with E-state index in [2.05, 4.69) is 11.1 Å². The van der Waals surface area contributed by atoms with Crippen molar-refractivity contribution in [1.29, 1.82) is 0 Å². The van der Waals surface area contributed by atoms with Crippen molar-refractivity contribution in [2.24, 2.45) is 4.99 Å². The number of aromatic nitrogens is 1. The molecule has 0 aliphatic heterocycles. The second kappa shape index (κ2) is 8.48. The van der Waals surface area contributed by atoms with Gasteiger partial charge in [0.25, 0.3) is 5.56 Å². The summed E-state index contributed by atoms with van der Waals surface area (Å²) in [6, 6.07) is 17.0. The van der Waals surface area contributed by atoms with Crippen molar-refractivity contribution < 1.29 is 18.3 Å². The first kappa shape index (κ1) is 21.9. The number of hydrogen-bond donors (Lipinski definition) is 1. The first-order valence-electron chi connectivity index (χ1n) is 11.0. The molecule has 1 aliphatic rings. The Labute approximate surface area is 193 Å². The topological polar surface area (TPSA) is 54.6 Å². The highest BCUT2D eigenvalue weighted by Gasteiger charge is 2.31. The average molecular weight is 462 g/mol. The molecule has 0 atom stereocenters. The maximum absolute atomic E-state index is 13.3. The molecule has 4 nitrogen and oxygen atoms in total. The summed E-state index contributed by atoms with van der Waals surface area (Å²) in [5.41, 5.74) is 1.88. The van der Waals surface area contributed by atoms with Crippen LogP contribution in [0.1, 0.15) is 35.1 Å². The highest BCUT2D eigenvalue weighted by molar-refractivity contribution is 6.02. The average Bonchev–Trinajstić information content (AvgIpc) is 2.84. The predicted octanol–water partition coefficient (Wildman–Crippen LogP) is 6.34. The zero-order valence-corrected chi connectivity index (χ0v) is 18.1. The minimum absolute atomic E-state index is 0.0742. The summed E-state index contributed by atoms with van der Waals surface area (Å²) in [6.45, 7) is 0. The van der Waals surface area contributed by atoms with Crippen LogP contribution in [0.15, 0.2) is 76.5 Å². The molecule has 0 bridgehead atoms. The molecular weight excluding hydrogens is 441 g/mol. The van der Waals surface area contributed by atoms with Gasteiger partial charge in [-0.1, -0.05) is 36.4 Å². The summed E-state index contributed by atoms with van der Waals surface area (Å²) >= 11 is 0. The molecule has 7 heteroatoms. The normalized spacial score (nSPS) is 14.0. The van der Waals surface area contributed by atoms with Gasteiger partial charge in [0, 0.05) is 17.0 Å². The molecular formula is C27H21F3N2O2. The van der Waals surface area contributed by atoms with Crippen molar-refractivity contribution in [2.45, 2.75) is 31.9 Å². The lowest BCUT2D eigenvalue weighted by Gasteiger charge is -2.17. The molecule has 1 N–H and O–H groups in total. The Hall–Kier alpha value is -3.87. The number of aryl methyl sites for hydroxylation is 1. The van der Waals surface area contributed by atoms with Gasteiger partial charge in [0.05, 0.1) is 22.5 Å². The van der Waals surface area contributed by atoms with Gasteiger partial charge in [0.2, 0.25) is 5.88 Å². The summed E-state index contributed by atoms with van der Waals surface area (Å²) in [7, 11) is 0. The molecule has 0 saturated heterocycles. The fourth-order valence-electron chi connectivity index (χ4n) is 4.57. The van der Waals surface area contributed by atoms with Gasteiger partial charge in [-0.2, -0.15) is 13.2 Å². The van der Waals surface area contributed by atoms with Gasteiger partial charge in [0.15, 0.2) is 0 Å². The summed E-state index contributed by atoms with van der Waals surface area (Å²) in [5.74, 6) is -0.462. The summed E-state index contributed by atoms with van der Waals surface area (Å²) in [6.07, 6.45) is 1.03. The molecule has 3 aromatic carbocycles. The van der Waals surface area contributed by atoms with Gasteiger partial charge >= 0.3 is 6.18 Å². The van der Waals surface area contributed by atoms with E-state index in [-0.39, 0.29) is 16.6 Å². The van der Waals surface area contributed by atoms with Gasteiger partial charge in [-0.15, -0.1) is 0 Å². The molecule has 1 heterocycles. The monoisotopic (exact) mass is 462 g/mol. The molecule has 172 valence electrons. The Balaban J connectivity index is 1.71. The number of benzene rings is 3. The van der Waals surface area contributed by atoms with Crippen LogP contribution in [-0.2, 0) is 19.0 Å². The quantitative estimate of drug-likeness (QED) is 0.361. The van der Waals surface area contributed by atoms with Crippen LogP contribution >= 0.6 is 0 Å². The first-order chi connectivity index (χ1) is 16.3. The molecule has 34 heavy (non-hydrogen) atoms. The Kier molecular flexibility index (Phi) is 5.48. The van der Waals surface area contributed by atoms with Gasteiger partial charge < -0.3 is 5.11 Å². The lowest BCUT2D eigenvalue weighted by atomic mass is 9.90. The maximum Gasteiger partial charge on any atom is 0.416 e. The van der Waals surface area contributed by atoms with Crippen molar-refractivity contribution in [3.05, 3.63) is 99.3 Å². The highest BCUT2D eigenvalue weighted by Crippen LogP contribution is 2.33. The van der Waals surface area contributed by atoms with Crippen LogP contribution < -0.4 is 5.56 Å². The molecule has 0 fully saturated rings. The van der Waals surface area contributed by atoms with Crippen LogP contribution in [0.2, 0.25) is 0 Å². The maximum atomic E-state index is 13.3. The molecule has 0 radical (unpaired) electrons. The Morgan fingerprint density at radius 1 is 0.912 bits per heavy atom. The van der Waals surface area contributed by atoms with E-state index < -0.39 is 23.2 Å². The van der Waals surface area contributed by atoms with Crippen LogP contribution in [0.4, 0.5) is 18.9 Å². The SMILES string of the molecule is O=c1c2ccccc2c(C=Nc2cccc3c2CCCC3)c(O)n1-c1cccc(C(F)(F)F)c1. The first-order valence-corrected chi connectivity index (χ1v) is 11.0. The Morgan fingerprint density at radius 2 is 1.65 bits per heavy atom. The fourth-order valence-corrected chi connectivity index (χ4v) is 4.57. The van der Waals surface area contributed by atoms with Crippen molar-refractivity contribution >= 4 is 22.7 Å². The summed E-state index contributed by atoms with van der Waals surface area (Å²) < 4.78 is 40.8. The Morgan fingerprint density at radius 3 is 2.44 bits per heavy atom. The Bertz CT molecular complexity index is 1490. The molecule has 0 unspecified atom stereocenters. The van der Waals surface area contributed by atoms with Crippen molar-refractivity contribution in [3.8, 4) is 11.6 Å². The van der Waals surface area contributed by atoms with Crippen molar-refractivity contribution in [1.82, 2.24) is 4.57 Å². The van der Waals surface area contributed by atoms with Crippen molar-refractivity contribution in [3.63, 3.8) is 0 Å². The lowest BCUT2D eigenvalue weighted by Crippen LogP contribution is -2.20. The van der Waals surface area contributed by atoms with E-state index in [1.54, 1.807) is 24.3 Å². The standard InChI is InChI=1S/C27H21F3N2O2/c28-27(29,30)18-9-6-10-19(15-18)32-25(33)22-13-4-3-12-21(22)23(26(32)34)16-31-24-14-5-8-17-7-1-2-11-20(17)24/h3-6,8-10,12-16,34H,1-2,7,11H2. The second-order valence-electron chi connectivity index (χ2n) is 8.35. The number of rotatable bonds is 3. The minimum Gasteiger partial charge on any atom is -0.494 e. The van der Waals surface area contributed by atoms with E-state index in [1.807, 2.05) is 12.1 Å². The smallest absolute Gasteiger partial charge is 0.416 e. The van der Waals surface area contributed by atoms with E-state index >= 15 is 0 Å². The zero-order chi connectivity index (χ0) is 23.9. The van der Waals surface area contributed by atoms with Crippen molar-refractivity contribution in [2.75, 3.05) is 0 Å². The third-order valence-corrected chi connectivity index (χ3v) is 6.24. The number of alkyl halides is 3. The number of aliphatic imine (C=N–C) groups is 1. The van der Waals surface area contributed by atoms with E-state index in [0.29, 0.717) is 5.39 Å². The van der Waals surface area contributed by atoms with Crippen LogP contribution in [0.25, 0.3) is 16.5 Å². The number of aromatic hydroxyl groups is 1. The number of pyridine rings is 1. The largest absolute Gasteiger partial charge is 0.494 e. The molecule has 1 aromatic heterocycles. The van der Waals surface area contributed by atoms with Crippen LogP contribution in [-0.4, -0.2) is 15.9 Å². The molecule has 0 amide bonds. The summed E-state index contributed by atoms with van der Waals surface area (Å²) in [4.78, 5) is 17.8. The molecule has 1 aliphatic carbocycles. The second-order valence-corrected chi connectivity index (χ2v) is 8.35. The molecule has 5 rings (SSSR count). The third-order valence-electron chi connectivity index (χ3n) is 6.24. The predicted molar refractivity (Wildman–Crippen MR) is 127 cm³/mol. The van der Waals surface area contributed by atoms with Crippen LogP contribution in [0, 0.1) is 0 Å². The van der Waals surface area contributed by atoms with Gasteiger partial charge in [-0.3, -0.25) is 9.79 Å². The van der Waals surface area contributed by atoms with Crippen LogP contribution in [0.5, 0.6) is 5.88 Å². The number of hydrogen-bond acceptors (Lipinski definition) is 3. The molecule has 0 saturated carbocycles. The number of nitrogens with zero attached hydrogens (tertiary/aromatic N) is 2. The molecule has 4 aromatic rings.